The number of primary amides is 1. The van der Waals surface area contributed by atoms with Crippen molar-refractivity contribution in [3.8, 4) is 5.75 Å². The van der Waals surface area contributed by atoms with Crippen LogP contribution in [0.3, 0.4) is 0 Å². The maximum atomic E-state index is 13.1. The van der Waals surface area contributed by atoms with Gasteiger partial charge in [-0.25, -0.2) is 4.79 Å². The van der Waals surface area contributed by atoms with Crippen LogP contribution < -0.4 is 10.5 Å². The van der Waals surface area contributed by atoms with Gasteiger partial charge >= 0.3 is 5.97 Å². The van der Waals surface area contributed by atoms with Crippen molar-refractivity contribution in [1.29, 1.82) is 0 Å². The van der Waals surface area contributed by atoms with E-state index < -0.39 is 18.5 Å². The number of rotatable bonds is 10. The number of carboxylic acids is 1. The number of amides is 1. The minimum absolute atomic E-state index is 0.0363. The molecule has 4 aromatic rings. The molecule has 0 fully saturated rings. The molecule has 0 bridgehead atoms. The molecule has 0 spiro atoms. The molecule has 0 aliphatic rings. The molecule has 178 valence electrons. The molecule has 0 aliphatic carbocycles. The first-order chi connectivity index (χ1) is 16.8. The fraction of sp³-hybridized carbons (Fsp3) is 0.222. The number of hydrogen-bond donors (Lipinski definition) is 2. The molecule has 7 nitrogen and oxygen atoms in total. The molecule has 1 amide bonds. The van der Waals surface area contributed by atoms with Gasteiger partial charge in [-0.3, -0.25) is 9.59 Å². The Labute approximate surface area is 205 Å². The van der Waals surface area contributed by atoms with Crippen LogP contribution in [0.2, 0.25) is 11.6 Å². The van der Waals surface area contributed by atoms with Gasteiger partial charge in [0.25, 0.3) is 0 Å². The van der Waals surface area contributed by atoms with E-state index in [1.807, 2.05) is 47.0 Å². The Morgan fingerprint density at radius 2 is 1.74 bits per heavy atom. The second-order valence-corrected chi connectivity index (χ2v) is 10.6. The minimum Gasteiger partial charge on any atom is -0.481 e. The predicted octanol–water partition coefficient (Wildman–Crippen LogP) is 4.54. The van der Waals surface area contributed by atoms with E-state index in [0.29, 0.717) is 55.1 Å². The SMILES string of the molecule is CC(C)[Si]CC(=O)c1cc(OCC(=O)O)c2c3c(C(N)=O)cccc3n(Cc3ccccc3)c2c1. The van der Waals surface area contributed by atoms with Gasteiger partial charge < -0.3 is 20.1 Å². The lowest BCUT2D eigenvalue weighted by Gasteiger charge is -2.12. The summed E-state index contributed by atoms with van der Waals surface area (Å²) >= 11 is 0. The summed E-state index contributed by atoms with van der Waals surface area (Å²) < 4.78 is 7.70. The van der Waals surface area contributed by atoms with E-state index >= 15 is 0 Å². The number of aromatic nitrogens is 1. The van der Waals surface area contributed by atoms with E-state index in [1.165, 1.54) is 0 Å². The van der Waals surface area contributed by atoms with Crippen molar-refractivity contribution in [1.82, 2.24) is 4.57 Å². The summed E-state index contributed by atoms with van der Waals surface area (Å²) in [6.45, 7) is 4.04. The molecule has 1 heterocycles. The molecular weight excluding hydrogens is 460 g/mol. The smallest absolute Gasteiger partial charge is 0.341 e. The van der Waals surface area contributed by atoms with Crippen LogP contribution in [0.25, 0.3) is 21.8 Å². The third-order valence-electron chi connectivity index (χ3n) is 5.75. The molecule has 1 aromatic heterocycles. The number of nitrogens with two attached hydrogens (primary N) is 1. The molecule has 4 rings (SSSR count). The maximum Gasteiger partial charge on any atom is 0.341 e. The van der Waals surface area contributed by atoms with E-state index in [4.69, 9.17) is 10.5 Å². The van der Waals surface area contributed by atoms with Crippen LogP contribution in [0.15, 0.2) is 60.7 Å². The normalized spacial score (nSPS) is 11.3. The number of ether oxygens (including phenoxy) is 1. The Bertz CT molecular complexity index is 1430. The first kappa shape index (κ1) is 24.2. The lowest BCUT2D eigenvalue weighted by atomic mass is 10.0. The van der Waals surface area contributed by atoms with Crippen molar-refractivity contribution in [3.63, 3.8) is 0 Å². The number of carboxylic acid groups (broad SMARTS) is 1. The van der Waals surface area contributed by atoms with Gasteiger partial charge in [0.05, 0.1) is 25.9 Å². The number of fused-ring (bicyclic) bond motifs is 3. The standard InChI is InChI=1S/C27H26N2O5Si/c1-16(2)35-15-22(30)18-11-21-26(23(12-18)34-14-24(31)32)25-19(27(28)33)9-6-10-20(25)29(21)13-17-7-4-3-5-8-17/h3-12,16H,13-15H2,1-2H3,(H2,28,33)(H,31,32). The third kappa shape index (κ3) is 5.12. The first-order valence-corrected chi connectivity index (χ1v) is 12.6. The lowest BCUT2D eigenvalue weighted by Crippen LogP contribution is -2.12. The fourth-order valence-electron chi connectivity index (χ4n) is 4.18. The van der Waals surface area contributed by atoms with Gasteiger partial charge in [-0.1, -0.05) is 55.8 Å². The summed E-state index contributed by atoms with van der Waals surface area (Å²) in [5.74, 6) is -1.53. The predicted molar refractivity (Wildman–Crippen MR) is 137 cm³/mol. The molecule has 8 heteroatoms. The molecule has 0 saturated heterocycles. The van der Waals surface area contributed by atoms with E-state index in [0.717, 1.165) is 11.1 Å². The molecule has 0 unspecified atom stereocenters. The molecule has 35 heavy (non-hydrogen) atoms. The Hall–Kier alpha value is -3.91. The van der Waals surface area contributed by atoms with E-state index in [1.54, 1.807) is 18.2 Å². The highest BCUT2D eigenvalue weighted by molar-refractivity contribution is 6.44. The fourth-order valence-corrected chi connectivity index (χ4v) is 4.98. The topological polar surface area (TPSA) is 112 Å². The van der Waals surface area contributed by atoms with Crippen LogP contribution in [-0.2, 0) is 11.3 Å². The quantitative estimate of drug-likeness (QED) is 0.253. The van der Waals surface area contributed by atoms with Crippen LogP contribution >= 0.6 is 0 Å². The summed E-state index contributed by atoms with van der Waals surface area (Å²) in [6, 6.07) is 18.9. The highest BCUT2D eigenvalue weighted by Crippen LogP contribution is 2.39. The zero-order valence-electron chi connectivity index (χ0n) is 19.6. The van der Waals surface area contributed by atoms with Gasteiger partial charge in [0.15, 0.2) is 12.4 Å². The summed E-state index contributed by atoms with van der Waals surface area (Å²) in [6.07, 6.45) is 0. The van der Waals surface area contributed by atoms with Crippen LogP contribution in [0.4, 0.5) is 0 Å². The Balaban J connectivity index is 2.03. The van der Waals surface area contributed by atoms with Crippen molar-refractivity contribution in [3.05, 3.63) is 77.4 Å². The van der Waals surface area contributed by atoms with Crippen LogP contribution in [0.5, 0.6) is 5.75 Å². The van der Waals surface area contributed by atoms with Gasteiger partial charge in [-0.05, 0) is 29.8 Å². The number of benzene rings is 3. The van der Waals surface area contributed by atoms with Gasteiger partial charge in [0.2, 0.25) is 5.91 Å². The van der Waals surface area contributed by atoms with E-state index in [9.17, 15) is 19.5 Å². The van der Waals surface area contributed by atoms with Crippen molar-refractivity contribution in [2.45, 2.75) is 32.0 Å². The number of aliphatic carboxylic acids is 1. The third-order valence-corrected chi connectivity index (χ3v) is 7.09. The number of carbonyl (C=O) groups excluding carboxylic acids is 2. The summed E-state index contributed by atoms with van der Waals surface area (Å²) in [4.78, 5) is 36.8. The largest absolute Gasteiger partial charge is 0.481 e. The van der Waals surface area contributed by atoms with Crippen molar-refractivity contribution in [2.24, 2.45) is 5.73 Å². The van der Waals surface area contributed by atoms with E-state index in [2.05, 4.69) is 13.8 Å². The number of ketones is 1. The number of Topliss-reactive ketones (excluding diaryl/α,β-unsaturated/α-hetero) is 1. The van der Waals surface area contributed by atoms with Crippen molar-refractivity contribution in [2.75, 3.05) is 6.61 Å². The van der Waals surface area contributed by atoms with Crippen molar-refractivity contribution >= 4 is 49.0 Å². The maximum absolute atomic E-state index is 13.1. The number of carbonyl (C=O) groups is 3. The molecule has 0 saturated carbocycles. The molecular formula is C27H26N2O5Si. The number of hydrogen-bond acceptors (Lipinski definition) is 4. The average Bonchev–Trinajstić information content (AvgIpc) is 3.15. The minimum atomic E-state index is -1.14. The van der Waals surface area contributed by atoms with Crippen molar-refractivity contribution < 1.29 is 24.2 Å². The molecule has 0 atom stereocenters. The molecule has 2 radical (unpaired) electrons. The van der Waals surface area contributed by atoms with Crippen LogP contribution in [-0.4, -0.2) is 43.5 Å². The summed E-state index contributed by atoms with van der Waals surface area (Å²) in [5.41, 5.74) is 9.32. The zero-order chi connectivity index (χ0) is 25.1. The van der Waals surface area contributed by atoms with Gasteiger partial charge in [-0.2, -0.15) is 0 Å². The monoisotopic (exact) mass is 486 g/mol. The van der Waals surface area contributed by atoms with Crippen LogP contribution in [0, 0.1) is 0 Å². The highest BCUT2D eigenvalue weighted by Gasteiger charge is 2.23. The van der Waals surface area contributed by atoms with Gasteiger partial charge in [0.1, 0.15) is 5.75 Å². The van der Waals surface area contributed by atoms with Crippen LogP contribution in [0.1, 0.15) is 40.1 Å². The lowest BCUT2D eigenvalue weighted by molar-refractivity contribution is -0.139. The molecule has 3 N–H and O–H groups in total. The first-order valence-electron chi connectivity index (χ1n) is 11.3. The Morgan fingerprint density at radius 3 is 2.40 bits per heavy atom. The highest BCUT2D eigenvalue weighted by atomic mass is 28.2. The van der Waals surface area contributed by atoms with Gasteiger partial charge in [-0.15, -0.1) is 0 Å². The van der Waals surface area contributed by atoms with Gasteiger partial charge in [0, 0.05) is 29.1 Å². The molecule has 3 aromatic carbocycles. The summed E-state index contributed by atoms with van der Waals surface area (Å²) in [5, 5.41) is 10.4. The summed E-state index contributed by atoms with van der Waals surface area (Å²) in [7, 11) is 0.473. The Kier molecular flexibility index (Phi) is 7.02. The zero-order valence-corrected chi connectivity index (χ0v) is 20.6. The average molecular weight is 487 g/mol. The van der Waals surface area contributed by atoms with E-state index in [-0.39, 0.29) is 11.5 Å². The second kappa shape index (κ2) is 10.1. The molecule has 0 aliphatic heterocycles. The second-order valence-electron chi connectivity index (χ2n) is 8.65. The number of nitrogens with zero attached hydrogens (tertiary/aromatic N) is 1. The Morgan fingerprint density at radius 1 is 1.00 bits per heavy atom.